The number of hydrogen-bond acceptors (Lipinski definition) is 3. The van der Waals surface area contributed by atoms with Crippen LogP contribution in [0.15, 0.2) is 47.4 Å². The van der Waals surface area contributed by atoms with Gasteiger partial charge >= 0.3 is 0 Å². The summed E-state index contributed by atoms with van der Waals surface area (Å²) in [5.41, 5.74) is 3.19. The quantitative estimate of drug-likeness (QED) is 0.909. The van der Waals surface area contributed by atoms with E-state index in [4.69, 9.17) is 0 Å². The van der Waals surface area contributed by atoms with Crippen molar-refractivity contribution in [3.05, 3.63) is 53.6 Å². The molecule has 5 heteroatoms. The van der Waals surface area contributed by atoms with E-state index < -0.39 is 10.0 Å². The second kappa shape index (κ2) is 5.54. The van der Waals surface area contributed by atoms with E-state index in [0.29, 0.717) is 11.4 Å². The van der Waals surface area contributed by atoms with Gasteiger partial charge in [-0.15, -0.1) is 0 Å². The van der Waals surface area contributed by atoms with Crippen LogP contribution in [0.2, 0.25) is 0 Å². The number of sulfonamides is 1. The third kappa shape index (κ3) is 3.11. The molecule has 20 heavy (non-hydrogen) atoms. The van der Waals surface area contributed by atoms with Crippen LogP contribution in [0.5, 0.6) is 0 Å². The van der Waals surface area contributed by atoms with Gasteiger partial charge in [-0.25, -0.2) is 8.42 Å². The van der Waals surface area contributed by atoms with Crippen molar-refractivity contribution in [3.8, 4) is 0 Å². The summed E-state index contributed by atoms with van der Waals surface area (Å²) >= 11 is 0. The van der Waals surface area contributed by atoms with Gasteiger partial charge in [0, 0.05) is 12.7 Å². The number of aryl methyl sites for hydroxylation is 2. The van der Waals surface area contributed by atoms with Crippen LogP contribution in [0.3, 0.4) is 0 Å². The Balaban J connectivity index is 2.41. The highest BCUT2D eigenvalue weighted by atomic mass is 32.2. The van der Waals surface area contributed by atoms with Gasteiger partial charge in [-0.05, 0) is 49.2 Å². The molecule has 0 unspecified atom stereocenters. The molecule has 106 valence electrons. The Labute approximate surface area is 119 Å². The first-order chi connectivity index (χ1) is 9.42. The van der Waals surface area contributed by atoms with Gasteiger partial charge in [-0.3, -0.25) is 4.72 Å². The van der Waals surface area contributed by atoms with Gasteiger partial charge in [-0.2, -0.15) is 0 Å². The summed E-state index contributed by atoms with van der Waals surface area (Å²) in [7, 11) is -1.90. The highest BCUT2D eigenvalue weighted by Gasteiger charge is 2.17. The molecule has 0 atom stereocenters. The Morgan fingerprint density at radius 1 is 0.950 bits per heavy atom. The van der Waals surface area contributed by atoms with Crippen molar-refractivity contribution in [1.82, 2.24) is 0 Å². The Kier molecular flexibility index (Phi) is 3.99. The molecular weight excluding hydrogens is 272 g/mol. The molecular formula is C15H18N2O2S. The lowest BCUT2D eigenvalue weighted by molar-refractivity contribution is 0.601. The molecule has 2 aromatic rings. The first-order valence-electron chi connectivity index (χ1n) is 6.30. The highest BCUT2D eigenvalue weighted by Crippen LogP contribution is 2.24. The fraction of sp³-hybridized carbons (Fsp3) is 0.200. The lowest BCUT2D eigenvalue weighted by Gasteiger charge is -2.12. The van der Waals surface area contributed by atoms with Gasteiger partial charge in [0.2, 0.25) is 0 Å². The van der Waals surface area contributed by atoms with Crippen LogP contribution in [-0.2, 0) is 10.0 Å². The summed E-state index contributed by atoms with van der Waals surface area (Å²) in [5, 5.41) is 2.89. The van der Waals surface area contributed by atoms with Gasteiger partial charge in [0.1, 0.15) is 4.90 Å². The van der Waals surface area contributed by atoms with Gasteiger partial charge < -0.3 is 5.32 Å². The van der Waals surface area contributed by atoms with E-state index >= 15 is 0 Å². The summed E-state index contributed by atoms with van der Waals surface area (Å²) in [6.45, 7) is 3.87. The van der Waals surface area contributed by atoms with Crippen LogP contribution in [-0.4, -0.2) is 15.5 Å². The van der Waals surface area contributed by atoms with Crippen LogP contribution in [0.25, 0.3) is 0 Å². The van der Waals surface area contributed by atoms with Crippen molar-refractivity contribution in [3.63, 3.8) is 0 Å². The van der Waals surface area contributed by atoms with Gasteiger partial charge in [0.15, 0.2) is 0 Å². The van der Waals surface area contributed by atoms with E-state index in [1.165, 1.54) is 0 Å². The van der Waals surface area contributed by atoms with E-state index in [1.807, 2.05) is 32.0 Å². The predicted octanol–water partition coefficient (Wildman–Crippen LogP) is 3.15. The van der Waals surface area contributed by atoms with Crippen LogP contribution in [0.4, 0.5) is 11.4 Å². The van der Waals surface area contributed by atoms with E-state index in [9.17, 15) is 8.42 Å². The molecule has 4 nitrogen and oxygen atoms in total. The normalized spacial score (nSPS) is 11.2. The van der Waals surface area contributed by atoms with E-state index in [-0.39, 0.29) is 4.90 Å². The van der Waals surface area contributed by atoms with Crippen molar-refractivity contribution >= 4 is 21.4 Å². The molecule has 0 aromatic heterocycles. The third-order valence-corrected chi connectivity index (χ3v) is 4.36. The zero-order valence-corrected chi connectivity index (χ0v) is 12.6. The monoisotopic (exact) mass is 290 g/mol. The lowest BCUT2D eigenvalue weighted by atomic mass is 10.1. The molecule has 0 aliphatic carbocycles. The van der Waals surface area contributed by atoms with Crippen molar-refractivity contribution < 1.29 is 8.42 Å². The molecule has 0 amide bonds. The highest BCUT2D eigenvalue weighted by molar-refractivity contribution is 7.92. The largest absolute Gasteiger partial charge is 0.387 e. The Morgan fingerprint density at radius 3 is 2.15 bits per heavy atom. The maximum absolute atomic E-state index is 12.5. The zero-order chi connectivity index (χ0) is 14.8. The van der Waals surface area contributed by atoms with E-state index in [0.717, 1.165) is 11.1 Å². The van der Waals surface area contributed by atoms with E-state index in [1.54, 1.807) is 31.3 Å². The second-order valence-corrected chi connectivity index (χ2v) is 6.38. The molecule has 0 saturated heterocycles. The molecule has 0 radical (unpaired) electrons. The topological polar surface area (TPSA) is 58.2 Å². The first kappa shape index (κ1) is 14.4. The summed E-state index contributed by atoms with van der Waals surface area (Å²) in [4.78, 5) is 0.238. The molecule has 0 aliphatic heterocycles. The summed E-state index contributed by atoms with van der Waals surface area (Å²) in [6.07, 6.45) is 0. The Morgan fingerprint density at radius 2 is 1.55 bits per heavy atom. The molecule has 2 N–H and O–H groups in total. The summed E-state index contributed by atoms with van der Waals surface area (Å²) in [6, 6.07) is 12.4. The predicted molar refractivity (Wildman–Crippen MR) is 82.7 cm³/mol. The number of anilines is 2. The summed E-state index contributed by atoms with van der Waals surface area (Å²) < 4.78 is 27.5. The second-order valence-electron chi connectivity index (χ2n) is 4.73. The van der Waals surface area contributed by atoms with Crippen LogP contribution in [0, 0.1) is 13.8 Å². The minimum absolute atomic E-state index is 0.238. The number of rotatable bonds is 4. The van der Waals surface area contributed by atoms with Gasteiger partial charge in [0.05, 0.1) is 5.69 Å². The fourth-order valence-corrected chi connectivity index (χ4v) is 3.41. The molecule has 0 spiro atoms. The summed E-state index contributed by atoms with van der Waals surface area (Å²) in [5.74, 6) is 0. The van der Waals surface area contributed by atoms with Crippen molar-refractivity contribution in [2.75, 3.05) is 17.1 Å². The molecule has 0 fully saturated rings. The van der Waals surface area contributed by atoms with Crippen molar-refractivity contribution in [2.24, 2.45) is 0 Å². The third-order valence-electron chi connectivity index (χ3n) is 2.92. The minimum atomic E-state index is -3.60. The molecule has 0 bridgehead atoms. The first-order valence-corrected chi connectivity index (χ1v) is 7.78. The Hall–Kier alpha value is -2.01. The number of benzene rings is 2. The van der Waals surface area contributed by atoms with Crippen molar-refractivity contribution in [1.29, 1.82) is 0 Å². The zero-order valence-electron chi connectivity index (χ0n) is 11.8. The maximum Gasteiger partial charge on any atom is 0.263 e. The van der Waals surface area contributed by atoms with Crippen LogP contribution in [0.1, 0.15) is 11.1 Å². The lowest BCUT2D eigenvalue weighted by Crippen LogP contribution is -2.14. The standard InChI is InChI=1S/C15H18N2O2S/c1-11-8-12(2)10-13(9-11)17-20(18,19)15-7-5-4-6-14(15)16-3/h4-10,16-17H,1-3H3. The number of para-hydroxylation sites is 1. The van der Waals surface area contributed by atoms with Crippen LogP contribution < -0.4 is 10.0 Å². The molecule has 2 rings (SSSR count). The Bertz CT molecular complexity index is 704. The smallest absolute Gasteiger partial charge is 0.263 e. The molecule has 0 aliphatic rings. The average molecular weight is 290 g/mol. The molecule has 0 heterocycles. The van der Waals surface area contributed by atoms with Gasteiger partial charge in [0.25, 0.3) is 10.0 Å². The molecule has 2 aromatic carbocycles. The van der Waals surface area contributed by atoms with Crippen LogP contribution >= 0.6 is 0 Å². The minimum Gasteiger partial charge on any atom is -0.387 e. The average Bonchev–Trinajstić information content (AvgIpc) is 2.36. The number of hydrogen-bond donors (Lipinski definition) is 2. The maximum atomic E-state index is 12.5. The number of nitrogens with one attached hydrogen (secondary N) is 2. The molecule has 0 saturated carbocycles. The van der Waals surface area contributed by atoms with Crippen molar-refractivity contribution in [2.45, 2.75) is 18.7 Å². The fourth-order valence-electron chi connectivity index (χ4n) is 2.15. The van der Waals surface area contributed by atoms with E-state index in [2.05, 4.69) is 10.0 Å². The SMILES string of the molecule is CNc1ccccc1S(=O)(=O)Nc1cc(C)cc(C)c1. The van der Waals surface area contributed by atoms with Gasteiger partial charge in [-0.1, -0.05) is 18.2 Å².